The van der Waals surface area contributed by atoms with E-state index in [0.717, 1.165) is 38.4 Å². The van der Waals surface area contributed by atoms with Gasteiger partial charge in [0.25, 0.3) is 0 Å². The van der Waals surface area contributed by atoms with Gasteiger partial charge in [0.1, 0.15) is 5.82 Å². The summed E-state index contributed by atoms with van der Waals surface area (Å²) in [4.78, 5) is 17.8. The third-order valence-corrected chi connectivity index (χ3v) is 7.78. The quantitative estimate of drug-likeness (QED) is 0.429. The molecular formula is C28H32F7N3O. The van der Waals surface area contributed by atoms with Crippen LogP contribution in [0.3, 0.4) is 0 Å². The number of carbonyl (C=O) groups is 1. The maximum absolute atomic E-state index is 15.5. The Bertz CT molecular complexity index is 1120. The fourth-order valence-corrected chi connectivity index (χ4v) is 5.96. The van der Waals surface area contributed by atoms with E-state index >= 15 is 4.39 Å². The summed E-state index contributed by atoms with van der Waals surface area (Å²) in [6, 6.07) is 6.39. The van der Waals surface area contributed by atoms with Crippen molar-refractivity contribution in [1.82, 2.24) is 15.1 Å². The Balaban J connectivity index is 1.92. The lowest BCUT2D eigenvalue weighted by molar-refractivity contribution is -0.144. The summed E-state index contributed by atoms with van der Waals surface area (Å²) in [5.74, 6) is -1.77. The summed E-state index contributed by atoms with van der Waals surface area (Å²) < 4.78 is 98.9. The van der Waals surface area contributed by atoms with Gasteiger partial charge in [0, 0.05) is 31.2 Å². The molecule has 2 aliphatic heterocycles. The molecule has 1 amide bonds. The molecule has 1 unspecified atom stereocenters. The number of hydrogen-bond acceptors (Lipinski definition) is 3. The molecule has 0 radical (unpaired) electrons. The summed E-state index contributed by atoms with van der Waals surface area (Å²) in [6.45, 7) is 3.84. The lowest BCUT2D eigenvalue weighted by Gasteiger charge is -2.48. The second kappa shape index (κ2) is 11.4. The fraction of sp³-hybridized carbons (Fsp3) is 0.536. The first kappa shape index (κ1) is 29.3. The largest absolute Gasteiger partial charge is 0.416 e. The molecular weight excluding hydrogens is 527 g/mol. The molecule has 0 aromatic heterocycles. The van der Waals surface area contributed by atoms with Crippen LogP contribution in [0, 0.1) is 5.82 Å². The molecule has 2 aromatic rings. The van der Waals surface area contributed by atoms with Gasteiger partial charge in [-0.05, 0) is 75.5 Å². The molecule has 2 aromatic carbocycles. The second-order valence-corrected chi connectivity index (χ2v) is 10.2. The Kier molecular flexibility index (Phi) is 8.61. The van der Waals surface area contributed by atoms with E-state index in [9.17, 15) is 31.1 Å². The number of nitrogens with one attached hydrogen (secondary N) is 1. The summed E-state index contributed by atoms with van der Waals surface area (Å²) >= 11 is 0. The lowest BCUT2D eigenvalue weighted by atomic mass is 9.77. The Hall–Kier alpha value is -2.66. The molecule has 0 saturated carbocycles. The van der Waals surface area contributed by atoms with Gasteiger partial charge in [0.15, 0.2) is 5.54 Å². The minimum absolute atomic E-state index is 0.0237. The Morgan fingerprint density at radius 1 is 0.846 bits per heavy atom. The van der Waals surface area contributed by atoms with Crippen molar-refractivity contribution >= 4 is 5.91 Å². The van der Waals surface area contributed by atoms with E-state index < -0.39 is 46.3 Å². The third-order valence-electron chi connectivity index (χ3n) is 7.78. The van der Waals surface area contributed by atoms with Crippen molar-refractivity contribution in [3.05, 3.63) is 70.5 Å². The Labute approximate surface area is 223 Å². The van der Waals surface area contributed by atoms with Gasteiger partial charge in [0.05, 0.1) is 11.1 Å². The number of nitrogens with zero attached hydrogens (tertiary/aromatic N) is 2. The molecule has 0 aliphatic carbocycles. The molecule has 2 saturated heterocycles. The highest BCUT2D eigenvalue weighted by atomic mass is 19.4. The monoisotopic (exact) mass is 559 g/mol. The van der Waals surface area contributed by atoms with E-state index in [4.69, 9.17) is 0 Å². The molecule has 2 fully saturated rings. The van der Waals surface area contributed by atoms with Crippen LogP contribution in [-0.2, 0) is 22.7 Å². The number of likely N-dealkylation sites (tertiary alicyclic amines) is 2. The van der Waals surface area contributed by atoms with Crippen LogP contribution in [0.1, 0.15) is 61.3 Å². The van der Waals surface area contributed by atoms with Gasteiger partial charge in [-0.1, -0.05) is 24.6 Å². The van der Waals surface area contributed by atoms with Crippen LogP contribution in [0.25, 0.3) is 0 Å². The number of alkyl halides is 6. The second-order valence-electron chi connectivity index (χ2n) is 10.2. The number of piperidine rings is 2. The molecule has 0 bridgehead atoms. The van der Waals surface area contributed by atoms with Crippen molar-refractivity contribution in [3.8, 4) is 0 Å². The SMILES string of the molecule is CCNC(=O)C(c1cc(C(F)(F)F)cc(C(F)(F)F)c1)(c1ccccc1F)N1CCC(N2CCCCC2)CC1. The fourth-order valence-electron chi connectivity index (χ4n) is 5.96. The normalized spacial score (nSPS) is 20.0. The molecule has 4 rings (SSSR count). The van der Waals surface area contributed by atoms with Gasteiger partial charge < -0.3 is 10.2 Å². The highest BCUT2D eigenvalue weighted by molar-refractivity contribution is 5.92. The minimum atomic E-state index is -5.13. The number of hydrogen-bond donors (Lipinski definition) is 1. The predicted octanol–water partition coefficient (Wildman–Crippen LogP) is 6.19. The Morgan fingerprint density at radius 3 is 1.90 bits per heavy atom. The number of benzene rings is 2. The van der Waals surface area contributed by atoms with Gasteiger partial charge in [-0.2, -0.15) is 26.3 Å². The van der Waals surface area contributed by atoms with E-state index in [1.807, 2.05) is 0 Å². The highest BCUT2D eigenvalue weighted by Gasteiger charge is 2.51. The Morgan fingerprint density at radius 2 is 1.38 bits per heavy atom. The number of likely N-dealkylation sites (N-methyl/N-ethyl adjacent to an activating group) is 1. The molecule has 11 heteroatoms. The summed E-state index contributed by atoms with van der Waals surface area (Å²) in [5, 5.41) is 2.58. The first-order chi connectivity index (χ1) is 18.4. The van der Waals surface area contributed by atoms with Crippen molar-refractivity contribution in [2.75, 3.05) is 32.7 Å². The topological polar surface area (TPSA) is 35.6 Å². The van der Waals surface area contributed by atoms with E-state index in [2.05, 4.69) is 10.2 Å². The standard InChI is InChI=1S/C28H32F7N3O/c1-2-36-25(39)26(23-8-4-5-9-24(23)29,38-14-10-22(11-15-38)37-12-6-3-7-13-37)19-16-20(27(30,31)32)18-21(17-19)28(33,34)35/h4-5,8-9,16-18,22H,2-3,6-7,10-15H2,1H3,(H,36,39). The summed E-state index contributed by atoms with van der Waals surface area (Å²) in [5.41, 5.74) is -6.23. The van der Waals surface area contributed by atoms with Crippen LogP contribution in [0.2, 0.25) is 0 Å². The highest BCUT2D eigenvalue weighted by Crippen LogP contribution is 2.45. The number of halogens is 7. The van der Waals surface area contributed by atoms with E-state index in [1.165, 1.54) is 18.2 Å². The molecule has 214 valence electrons. The predicted molar refractivity (Wildman–Crippen MR) is 132 cm³/mol. The zero-order chi connectivity index (χ0) is 28.4. The summed E-state index contributed by atoms with van der Waals surface area (Å²) in [7, 11) is 0. The average Bonchev–Trinajstić information content (AvgIpc) is 2.90. The number of amides is 1. The number of rotatable bonds is 6. The first-order valence-corrected chi connectivity index (χ1v) is 13.2. The zero-order valence-electron chi connectivity index (χ0n) is 21.6. The molecule has 2 heterocycles. The molecule has 2 aliphatic rings. The zero-order valence-corrected chi connectivity index (χ0v) is 21.6. The van der Waals surface area contributed by atoms with E-state index in [0.29, 0.717) is 25.0 Å². The van der Waals surface area contributed by atoms with Gasteiger partial charge in [0.2, 0.25) is 5.91 Å². The molecule has 39 heavy (non-hydrogen) atoms. The first-order valence-electron chi connectivity index (χ1n) is 13.2. The van der Waals surface area contributed by atoms with Gasteiger partial charge >= 0.3 is 12.4 Å². The van der Waals surface area contributed by atoms with Gasteiger partial charge in [-0.15, -0.1) is 0 Å². The average molecular weight is 560 g/mol. The smallest absolute Gasteiger partial charge is 0.354 e. The van der Waals surface area contributed by atoms with Crippen LogP contribution >= 0.6 is 0 Å². The minimum Gasteiger partial charge on any atom is -0.354 e. The van der Waals surface area contributed by atoms with Crippen LogP contribution in [0.15, 0.2) is 42.5 Å². The van der Waals surface area contributed by atoms with Gasteiger partial charge in [-0.3, -0.25) is 9.69 Å². The third kappa shape index (κ3) is 5.94. The van der Waals surface area contributed by atoms with Crippen LogP contribution in [0.5, 0.6) is 0 Å². The maximum atomic E-state index is 15.5. The molecule has 1 atom stereocenters. The number of carbonyl (C=O) groups excluding carboxylic acids is 1. The van der Waals surface area contributed by atoms with E-state index in [-0.39, 0.29) is 37.3 Å². The van der Waals surface area contributed by atoms with Crippen LogP contribution in [-0.4, -0.2) is 54.5 Å². The van der Waals surface area contributed by atoms with Gasteiger partial charge in [-0.25, -0.2) is 4.39 Å². The van der Waals surface area contributed by atoms with Crippen LogP contribution < -0.4 is 5.32 Å². The van der Waals surface area contributed by atoms with Crippen molar-refractivity contribution in [2.24, 2.45) is 0 Å². The molecule has 1 N–H and O–H groups in total. The van der Waals surface area contributed by atoms with Crippen molar-refractivity contribution < 1.29 is 35.5 Å². The summed E-state index contributed by atoms with van der Waals surface area (Å²) in [6.07, 6.45) is -5.91. The van der Waals surface area contributed by atoms with E-state index in [1.54, 1.807) is 11.8 Å². The van der Waals surface area contributed by atoms with Crippen molar-refractivity contribution in [2.45, 2.75) is 63.0 Å². The molecule has 4 nitrogen and oxygen atoms in total. The lowest BCUT2D eigenvalue weighted by Crippen LogP contribution is -2.61. The van der Waals surface area contributed by atoms with Crippen LogP contribution in [0.4, 0.5) is 30.7 Å². The molecule has 0 spiro atoms. The maximum Gasteiger partial charge on any atom is 0.416 e. The van der Waals surface area contributed by atoms with Crippen molar-refractivity contribution in [3.63, 3.8) is 0 Å². The van der Waals surface area contributed by atoms with Crippen molar-refractivity contribution in [1.29, 1.82) is 0 Å².